The summed E-state index contributed by atoms with van der Waals surface area (Å²) in [6.45, 7) is 7.68. The zero-order valence-electron chi connectivity index (χ0n) is 24.4. The Bertz CT molecular complexity index is 912. The average molecular weight is 589 g/mol. The number of aliphatic hydroxyl groups is 2. The van der Waals surface area contributed by atoms with Crippen LogP contribution < -0.4 is 38.5 Å². The van der Waals surface area contributed by atoms with Crippen molar-refractivity contribution in [2.75, 3.05) is 13.2 Å². The van der Waals surface area contributed by atoms with E-state index in [1.165, 1.54) is 6.92 Å². The van der Waals surface area contributed by atoms with Gasteiger partial charge in [-0.3, -0.25) is 24.2 Å². The van der Waals surface area contributed by atoms with Crippen LogP contribution in [0.3, 0.4) is 0 Å². The maximum Gasteiger partial charge on any atom is 0.328 e. The molecule has 0 aliphatic heterocycles. The van der Waals surface area contributed by atoms with Crippen molar-refractivity contribution in [3.8, 4) is 0 Å². The molecule has 0 bridgehead atoms. The second kappa shape index (κ2) is 18.8. The third-order valence-corrected chi connectivity index (χ3v) is 6.74. The van der Waals surface area contributed by atoms with Crippen LogP contribution in [0.25, 0.3) is 0 Å². The van der Waals surface area contributed by atoms with Gasteiger partial charge in [-0.25, -0.2) is 4.79 Å². The van der Waals surface area contributed by atoms with Crippen LogP contribution in [-0.4, -0.2) is 100 Å². The molecule has 0 fully saturated rings. The van der Waals surface area contributed by atoms with Crippen molar-refractivity contribution in [2.24, 2.45) is 34.0 Å². The Hall–Kier alpha value is -3.50. The Morgan fingerprint density at radius 2 is 1.24 bits per heavy atom. The fourth-order valence-electron chi connectivity index (χ4n) is 3.67. The smallest absolute Gasteiger partial charge is 0.328 e. The minimum atomic E-state index is -1.61. The fraction of sp³-hybridized carbons (Fsp3) is 0.760. The molecule has 13 N–H and O–H groups in total. The molecule has 0 aliphatic carbocycles. The highest BCUT2D eigenvalue weighted by atomic mass is 16.4. The number of nitrogens with two attached hydrogens (primary N) is 3. The highest BCUT2D eigenvalue weighted by molar-refractivity contribution is 5.95. The molecule has 0 aromatic rings. The van der Waals surface area contributed by atoms with E-state index in [1.807, 2.05) is 0 Å². The van der Waals surface area contributed by atoms with Gasteiger partial charge in [0.15, 0.2) is 12.0 Å². The van der Waals surface area contributed by atoms with Crippen molar-refractivity contribution in [1.29, 1.82) is 0 Å². The molecule has 0 aliphatic rings. The molecule has 0 aromatic heterocycles. The van der Waals surface area contributed by atoms with Gasteiger partial charge in [0.25, 0.3) is 0 Å². The summed E-state index contributed by atoms with van der Waals surface area (Å²) in [4.78, 5) is 67.4. The van der Waals surface area contributed by atoms with Crippen molar-refractivity contribution in [3.05, 3.63) is 0 Å². The number of guanidine groups is 1. The molecule has 0 spiro atoms. The van der Waals surface area contributed by atoms with Gasteiger partial charge in [0.1, 0.15) is 24.2 Å². The molecule has 4 amide bonds. The van der Waals surface area contributed by atoms with Gasteiger partial charge in [-0.2, -0.15) is 0 Å². The first-order valence-electron chi connectivity index (χ1n) is 13.6. The number of amides is 4. The van der Waals surface area contributed by atoms with Crippen molar-refractivity contribution in [1.82, 2.24) is 21.3 Å². The second-order valence-corrected chi connectivity index (χ2v) is 10.1. The molecule has 41 heavy (non-hydrogen) atoms. The number of hydrogen-bond donors (Lipinski definition) is 10. The minimum Gasteiger partial charge on any atom is -0.480 e. The summed E-state index contributed by atoms with van der Waals surface area (Å²) in [6, 6.07) is -6.34. The largest absolute Gasteiger partial charge is 0.480 e. The fourth-order valence-corrected chi connectivity index (χ4v) is 3.67. The van der Waals surface area contributed by atoms with Gasteiger partial charge >= 0.3 is 5.97 Å². The monoisotopic (exact) mass is 588 g/mol. The molecular weight excluding hydrogens is 540 g/mol. The lowest BCUT2D eigenvalue weighted by molar-refractivity contribution is -0.145. The summed E-state index contributed by atoms with van der Waals surface area (Å²) >= 11 is 0. The second-order valence-electron chi connectivity index (χ2n) is 10.1. The number of aliphatic hydroxyl groups excluding tert-OH is 2. The quantitative estimate of drug-likeness (QED) is 0.0408. The van der Waals surface area contributed by atoms with E-state index in [2.05, 4.69) is 26.3 Å². The Morgan fingerprint density at radius 3 is 1.66 bits per heavy atom. The van der Waals surface area contributed by atoms with E-state index >= 15 is 0 Å². The van der Waals surface area contributed by atoms with Gasteiger partial charge in [0.05, 0.1) is 12.7 Å². The van der Waals surface area contributed by atoms with Gasteiger partial charge in [-0.05, 0) is 31.6 Å². The number of aliphatic imine (C=N–C) groups is 1. The third-order valence-electron chi connectivity index (χ3n) is 6.74. The number of carbonyl (C=O) groups is 5. The summed E-state index contributed by atoms with van der Waals surface area (Å²) in [7, 11) is 0. The van der Waals surface area contributed by atoms with E-state index in [-0.39, 0.29) is 31.3 Å². The summed E-state index contributed by atoms with van der Waals surface area (Å²) < 4.78 is 0. The Kier molecular flexibility index (Phi) is 17.2. The van der Waals surface area contributed by atoms with E-state index in [0.717, 1.165) is 0 Å². The summed E-state index contributed by atoms with van der Waals surface area (Å²) in [5.41, 5.74) is 16.3. The van der Waals surface area contributed by atoms with Gasteiger partial charge in [-0.1, -0.05) is 40.5 Å². The van der Waals surface area contributed by atoms with Crippen LogP contribution in [0.4, 0.5) is 0 Å². The van der Waals surface area contributed by atoms with Gasteiger partial charge < -0.3 is 53.8 Å². The number of aliphatic carboxylic acids is 1. The van der Waals surface area contributed by atoms with Crippen LogP contribution in [0.1, 0.15) is 60.3 Å². The molecule has 8 atom stereocenters. The van der Waals surface area contributed by atoms with Crippen molar-refractivity contribution in [2.45, 2.75) is 96.6 Å². The summed E-state index contributed by atoms with van der Waals surface area (Å²) in [5, 5.41) is 38.2. The summed E-state index contributed by atoms with van der Waals surface area (Å²) in [6.07, 6.45) is -0.182. The molecule has 0 unspecified atom stereocenters. The van der Waals surface area contributed by atoms with Gasteiger partial charge in [-0.15, -0.1) is 0 Å². The SMILES string of the molecule is CC[C@H](C)[C@H](NC(=O)[C@H](CCCN=C(N)N)NC(=O)[C@@H](NC(=O)[C@@H](N)CO)[C@@H](C)CC)C(=O)N[C@H](C(=O)O)[C@@H](C)O. The average Bonchev–Trinajstić information content (AvgIpc) is 2.92. The number of hydrogen-bond acceptors (Lipinski definition) is 9. The van der Waals surface area contributed by atoms with Crippen LogP contribution in [0.15, 0.2) is 4.99 Å². The van der Waals surface area contributed by atoms with Crippen molar-refractivity contribution >= 4 is 35.6 Å². The standard InChI is InChI=1S/C25H48N8O8/c1-6-12(3)17(31-20(36)15(26)11-34)22(38)30-16(9-8-10-29-25(27)28)21(37)32-18(13(4)7-2)23(39)33-19(14(5)35)24(40)41/h12-19,34-35H,6-11,26H2,1-5H3,(H,30,38)(H,31,36)(H,32,37)(H,33,39)(H,40,41)(H4,27,28,29)/t12-,13-,14+,15-,16-,17-,18-,19-/m0/s1. The molecule has 0 saturated carbocycles. The first-order valence-corrected chi connectivity index (χ1v) is 13.6. The molecule has 0 rings (SSSR count). The van der Waals surface area contributed by atoms with Crippen molar-refractivity contribution < 1.29 is 39.3 Å². The van der Waals surface area contributed by atoms with E-state index in [0.29, 0.717) is 12.8 Å². The zero-order chi connectivity index (χ0) is 31.9. The Labute approximate surface area is 240 Å². The number of carbonyl (C=O) groups excluding carboxylic acids is 4. The highest BCUT2D eigenvalue weighted by Gasteiger charge is 2.35. The predicted molar refractivity (Wildman–Crippen MR) is 151 cm³/mol. The maximum absolute atomic E-state index is 13.4. The topological polar surface area (TPSA) is 285 Å². The number of carboxylic acids is 1. The summed E-state index contributed by atoms with van der Waals surface area (Å²) in [5.74, 6) is -5.44. The molecule has 236 valence electrons. The van der Waals surface area contributed by atoms with E-state index < -0.39 is 78.4 Å². The van der Waals surface area contributed by atoms with E-state index in [4.69, 9.17) is 17.2 Å². The first-order chi connectivity index (χ1) is 19.1. The molecule has 0 heterocycles. The van der Waals surface area contributed by atoms with Gasteiger partial charge in [0.2, 0.25) is 23.6 Å². The lowest BCUT2D eigenvalue weighted by Crippen LogP contribution is -2.61. The zero-order valence-corrected chi connectivity index (χ0v) is 24.4. The lowest BCUT2D eigenvalue weighted by atomic mass is 9.96. The van der Waals surface area contributed by atoms with Crippen LogP contribution >= 0.6 is 0 Å². The van der Waals surface area contributed by atoms with Crippen molar-refractivity contribution in [3.63, 3.8) is 0 Å². The minimum absolute atomic E-state index is 0.0476. The molecule has 16 heteroatoms. The molecule has 16 nitrogen and oxygen atoms in total. The first kappa shape index (κ1) is 37.5. The Balaban J connectivity index is 6.07. The Morgan fingerprint density at radius 1 is 0.780 bits per heavy atom. The highest BCUT2D eigenvalue weighted by Crippen LogP contribution is 2.12. The number of nitrogens with one attached hydrogen (secondary N) is 4. The van der Waals surface area contributed by atoms with Crippen LogP contribution in [0.2, 0.25) is 0 Å². The molecule has 0 aromatic carbocycles. The predicted octanol–water partition coefficient (Wildman–Crippen LogP) is -3.14. The van der Waals surface area contributed by atoms with Gasteiger partial charge in [0, 0.05) is 6.54 Å². The number of nitrogens with zero attached hydrogens (tertiary/aromatic N) is 1. The number of carboxylic acid groups (broad SMARTS) is 1. The molecule has 0 saturated heterocycles. The lowest BCUT2D eigenvalue weighted by Gasteiger charge is -2.30. The van der Waals surface area contributed by atoms with Crippen LogP contribution in [0, 0.1) is 11.8 Å². The third kappa shape index (κ3) is 13.1. The van der Waals surface area contributed by atoms with E-state index in [9.17, 15) is 39.3 Å². The maximum atomic E-state index is 13.4. The number of rotatable bonds is 19. The molecular formula is C25H48N8O8. The van der Waals surface area contributed by atoms with Crippen LogP contribution in [0.5, 0.6) is 0 Å². The van der Waals surface area contributed by atoms with Crippen LogP contribution in [-0.2, 0) is 24.0 Å². The van der Waals surface area contributed by atoms with E-state index in [1.54, 1.807) is 27.7 Å². The normalized spacial score (nSPS) is 16.9. The molecule has 0 radical (unpaired) electrons.